The van der Waals surface area contributed by atoms with E-state index in [9.17, 15) is 13.2 Å². The standard InChI is InChI=1S/C15H23BrN4O3S/c1-11-12(16)4-3-5-14(11)24(22,23)18-13(10-17)15(21)20-8-6-19(2)7-9-20/h3-5,13,18H,6-10,17H2,1-2H3/t13-/m0/s1. The average molecular weight is 419 g/mol. The smallest absolute Gasteiger partial charge is 0.242 e. The summed E-state index contributed by atoms with van der Waals surface area (Å²) in [7, 11) is -1.85. The Morgan fingerprint density at radius 2 is 1.96 bits per heavy atom. The van der Waals surface area contributed by atoms with Crippen LogP contribution in [0.1, 0.15) is 5.56 Å². The molecule has 1 fully saturated rings. The maximum atomic E-state index is 12.6. The molecule has 7 nitrogen and oxygen atoms in total. The molecule has 0 spiro atoms. The predicted molar refractivity (Wildman–Crippen MR) is 96.1 cm³/mol. The highest BCUT2D eigenvalue weighted by Crippen LogP contribution is 2.23. The summed E-state index contributed by atoms with van der Waals surface area (Å²) in [6.07, 6.45) is 0. The molecule has 3 N–H and O–H groups in total. The van der Waals surface area contributed by atoms with Crippen LogP contribution < -0.4 is 10.5 Å². The fraction of sp³-hybridized carbons (Fsp3) is 0.533. The lowest BCUT2D eigenvalue weighted by atomic mass is 10.2. The van der Waals surface area contributed by atoms with Gasteiger partial charge in [0.2, 0.25) is 15.9 Å². The van der Waals surface area contributed by atoms with Crippen LogP contribution in [0.2, 0.25) is 0 Å². The fourth-order valence-electron chi connectivity index (χ4n) is 2.58. The Bertz CT molecular complexity index is 703. The predicted octanol–water partition coefficient (Wildman–Crippen LogP) is 0.137. The molecule has 1 aromatic rings. The molecule has 0 saturated carbocycles. The summed E-state index contributed by atoms with van der Waals surface area (Å²) in [6.45, 7) is 4.30. The summed E-state index contributed by atoms with van der Waals surface area (Å²) in [4.78, 5) is 16.5. The van der Waals surface area contributed by atoms with Crippen LogP contribution in [0.3, 0.4) is 0 Å². The summed E-state index contributed by atoms with van der Waals surface area (Å²) in [5.74, 6) is -0.276. The highest BCUT2D eigenvalue weighted by molar-refractivity contribution is 9.10. The van der Waals surface area contributed by atoms with Crippen LogP contribution in [-0.4, -0.2) is 69.9 Å². The second-order valence-electron chi connectivity index (χ2n) is 5.90. The molecule has 0 radical (unpaired) electrons. The van der Waals surface area contributed by atoms with Gasteiger partial charge in [-0.25, -0.2) is 8.42 Å². The van der Waals surface area contributed by atoms with Gasteiger partial charge in [0.1, 0.15) is 6.04 Å². The van der Waals surface area contributed by atoms with E-state index in [2.05, 4.69) is 25.6 Å². The lowest BCUT2D eigenvalue weighted by Gasteiger charge is -2.34. The molecular weight excluding hydrogens is 396 g/mol. The number of carbonyl (C=O) groups excluding carboxylic acids is 1. The van der Waals surface area contributed by atoms with Gasteiger partial charge in [0.05, 0.1) is 4.90 Å². The molecule has 9 heteroatoms. The zero-order valence-electron chi connectivity index (χ0n) is 13.8. The van der Waals surface area contributed by atoms with Gasteiger partial charge in [-0.3, -0.25) is 4.79 Å². The summed E-state index contributed by atoms with van der Waals surface area (Å²) >= 11 is 3.32. The number of hydrogen-bond acceptors (Lipinski definition) is 5. The minimum atomic E-state index is -3.84. The van der Waals surface area contributed by atoms with Crippen molar-refractivity contribution in [3.05, 3.63) is 28.2 Å². The first-order chi connectivity index (χ1) is 11.3. The number of nitrogens with two attached hydrogens (primary N) is 1. The number of rotatable bonds is 5. The van der Waals surface area contributed by atoms with Gasteiger partial charge >= 0.3 is 0 Å². The maximum absolute atomic E-state index is 12.6. The normalized spacial score (nSPS) is 17.8. The van der Waals surface area contributed by atoms with Gasteiger partial charge in [0.25, 0.3) is 0 Å². The lowest BCUT2D eigenvalue weighted by Crippen LogP contribution is -2.56. The Balaban J connectivity index is 2.16. The van der Waals surface area contributed by atoms with Crippen molar-refractivity contribution in [2.45, 2.75) is 17.9 Å². The molecule has 0 aliphatic carbocycles. The van der Waals surface area contributed by atoms with E-state index >= 15 is 0 Å². The van der Waals surface area contributed by atoms with Crippen molar-refractivity contribution in [2.24, 2.45) is 5.73 Å². The maximum Gasteiger partial charge on any atom is 0.242 e. The van der Waals surface area contributed by atoms with E-state index in [0.29, 0.717) is 23.1 Å². The first kappa shape index (κ1) is 19.3. The molecule has 2 rings (SSSR count). The third-order valence-electron chi connectivity index (χ3n) is 4.15. The molecule has 1 heterocycles. The minimum Gasteiger partial charge on any atom is -0.339 e. The summed E-state index contributed by atoms with van der Waals surface area (Å²) in [5.41, 5.74) is 6.26. The number of likely N-dealkylation sites (N-methyl/N-ethyl adjacent to an activating group) is 1. The van der Waals surface area contributed by atoms with E-state index in [1.807, 2.05) is 7.05 Å². The van der Waals surface area contributed by atoms with Crippen molar-refractivity contribution in [2.75, 3.05) is 39.8 Å². The van der Waals surface area contributed by atoms with E-state index < -0.39 is 16.1 Å². The number of halogens is 1. The second-order valence-corrected chi connectivity index (χ2v) is 8.44. The van der Waals surface area contributed by atoms with Crippen molar-refractivity contribution in [1.29, 1.82) is 0 Å². The number of amides is 1. The largest absolute Gasteiger partial charge is 0.339 e. The zero-order valence-corrected chi connectivity index (χ0v) is 16.2. The molecule has 134 valence electrons. The van der Waals surface area contributed by atoms with Crippen LogP contribution in [0.25, 0.3) is 0 Å². The quantitative estimate of drug-likeness (QED) is 0.708. The van der Waals surface area contributed by atoms with Crippen LogP contribution in [0.5, 0.6) is 0 Å². The van der Waals surface area contributed by atoms with Gasteiger partial charge < -0.3 is 15.5 Å². The Hall–Kier alpha value is -1.00. The van der Waals surface area contributed by atoms with Gasteiger partial charge in [-0.1, -0.05) is 22.0 Å². The van der Waals surface area contributed by atoms with Crippen molar-refractivity contribution >= 4 is 31.9 Å². The molecule has 0 aromatic heterocycles. The third-order valence-corrected chi connectivity index (χ3v) is 6.63. The molecule has 0 bridgehead atoms. The average Bonchev–Trinajstić information content (AvgIpc) is 2.55. The number of nitrogens with one attached hydrogen (secondary N) is 1. The van der Waals surface area contributed by atoms with Crippen LogP contribution in [-0.2, 0) is 14.8 Å². The summed E-state index contributed by atoms with van der Waals surface area (Å²) in [5, 5.41) is 0. The Labute approximate surface area is 151 Å². The molecule has 1 aliphatic rings. The summed E-state index contributed by atoms with van der Waals surface area (Å²) < 4.78 is 28.4. The fourth-order valence-corrected chi connectivity index (χ4v) is 4.54. The lowest BCUT2D eigenvalue weighted by molar-refractivity contribution is -0.134. The number of hydrogen-bond donors (Lipinski definition) is 2. The monoisotopic (exact) mass is 418 g/mol. The van der Waals surface area contributed by atoms with Crippen molar-refractivity contribution < 1.29 is 13.2 Å². The Morgan fingerprint density at radius 1 is 1.33 bits per heavy atom. The van der Waals surface area contributed by atoms with Crippen LogP contribution in [0.4, 0.5) is 0 Å². The Kier molecular flexibility index (Phi) is 6.38. The van der Waals surface area contributed by atoms with Gasteiger partial charge in [-0.15, -0.1) is 0 Å². The molecular formula is C15H23BrN4O3S. The number of nitrogens with zero attached hydrogens (tertiary/aromatic N) is 2. The zero-order chi connectivity index (χ0) is 17.9. The topological polar surface area (TPSA) is 95.7 Å². The molecule has 1 atom stereocenters. The number of piperazine rings is 1. The van der Waals surface area contributed by atoms with Crippen molar-refractivity contribution in [3.63, 3.8) is 0 Å². The van der Waals surface area contributed by atoms with Gasteiger partial charge in [0.15, 0.2) is 0 Å². The van der Waals surface area contributed by atoms with Crippen molar-refractivity contribution in [1.82, 2.24) is 14.5 Å². The SMILES string of the molecule is Cc1c(Br)cccc1S(=O)(=O)N[C@@H](CN)C(=O)N1CCN(C)CC1. The van der Waals surface area contributed by atoms with E-state index in [4.69, 9.17) is 5.73 Å². The van der Waals surface area contributed by atoms with Crippen molar-refractivity contribution in [3.8, 4) is 0 Å². The second kappa shape index (κ2) is 7.92. The molecule has 1 aromatic carbocycles. The molecule has 1 saturated heterocycles. The van der Waals surface area contributed by atoms with Crippen LogP contribution >= 0.6 is 15.9 Å². The third kappa shape index (κ3) is 4.34. The number of carbonyl (C=O) groups is 1. The Morgan fingerprint density at radius 3 is 2.54 bits per heavy atom. The molecule has 24 heavy (non-hydrogen) atoms. The summed E-state index contributed by atoms with van der Waals surface area (Å²) in [6, 6.07) is 3.96. The van der Waals surface area contributed by atoms with Gasteiger partial charge in [-0.2, -0.15) is 4.72 Å². The van der Waals surface area contributed by atoms with E-state index in [1.165, 1.54) is 6.07 Å². The van der Waals surface area contributed by atoms with Gasteiger partial charge in [0, 0.05) is 37.2 Å². The van der Waals surface area contributed by atoms with E-state index in [0.717, 1.165) is 13.1 Å². The molecule has 1 amide bonds. The van der Waals surface area contributed by atoms with Crippen LogP contribution in [0, 0.1) is 6.92 Å². The minimum absolute atomic E-state index is 0.0859. The molecule has 1 aliphatic heterocycles. The first-order valence-corrected chi connectivity index (χ1v) is 9.98. The van der Waals surface area contributed by atoms with Gasteiger partial charge in [-0.05, 0) is 31.7 Å². The van der Waals surface area contributed by atoms with E-state index in [-0.39, 0.29) is 17.3 Å². The number of sulfonamides is 1. The highest BCUT2D eigenvalue weighted by atomic mass is 79.9. The molecule has 0 unspecified atom stereocenters. The highest BCUT2D eigenvalue weighted by Gasteiger charge is 2.30. The van der Waals surface area contributed by atoms with Crippen LogP contribution in [0.15, 0.2) is 27.6 Å². The van der Waals surface area contributed by atoms with E-state index in [1.54, 1.807) is 24.0 Å². The number of benzene rings is 1. The first-order valence-electron chi connectivity index (χ1n) is 7.71.